The highest BCUT2D eigenvalue weighted by Gasteiger charge is 2.18. The van der Waals surface area contributed by atoms with E-state index in [2.05, 4.69) is 0 Å². The molecule has 74 valence electrons. The Labute approximate surface area is 74.9 Å². The van der Waals surface area contributed by atoms with Crippen LogP contribution < -0.4 is 5.73 Å². The van der Waals surface area contributed by atoms with Crippen LogP contribution in [0.2, 0.25) is 0 Å². The Morgan fingerprint density at radius 3 is 2.17 bits per heavy atom. The molecule has 0 aromatic carbocycles. The molecule has 3 nitrogen and oxygen atoms in total. The first-order valence-electron chi connectivity index (χ1n) is 4.42. The van der Waals surface area contributed by atoms with Gasteiger partial charge < -0.3 is 15.6 Å². The highest BCUT2D eigenvalue weighted by atomic mass is 16.5. The van der Waals surface area contributed by atoms with Crippen molar-refractivity contribution in [3.63, 3.8) is 0 Å². The number of hydrogen-bond acceptors (Lipinski definition) is 3. The summed E-state index contributed by atoms with van der Waals surface area (Å²) in [6.07, 6.45) is 1.39. The predicted octanol–water partition coefficient (Wildman–Crippen LogP) is 1.25. The van der Waals surface area contributed by atoms with Gasteiger partial charge in [0.15, 0.2) is 0 Å². The molecule has 0 bridgehead atoms. The van der Waals surface area contributed by atoms with Gasteiger partial charge in [0.25, 0.3) is 0 Å². The highest BCUT2D eigenvalue weighted by Crippen LogP contribution is 2.11. The maximum atomic E-state index is 9.37. The smallest absolute Gasteiger partial charge is 0.113 e. The molecule has 0 aliphatic carbocycles. The number of nitrogens with two attached hydrogens (primary N) is 1. The molecule has 0 rings (SSSR count). The summed E-state index contributed by atoms with van der Waals surface area (Å²) in [5.74, 6) is 0. The van der Waals surface area contributed by atoms with E-state index in [1.165, 1.54) is 0 Å². The first-order valence-corrected chi connectivity index (χ1v) is 4.42. The second-order valence-corrected chi connectivity index (χ2v) is 4.08. The first-order chi connectivity index (χ1) is 5.27. The van der Waals surface area contributed by atoms with Gasteiger partial charge in [-0.15, -0.1) is 0 Å². The summed E-state index contributed by atoms with van der Waals surface area (Å²) in [4.78, 5) is 0. The molecular formula is C9H21NO2. The Morgan fingerprint density at radius 1 is 1.33 bits per heavy atom. The van der Waals surface area contributed by atoms with E-state index in [0.717, 1.165) is 6.42 Å². The monoisotopic (exact) mass is 175 g/mol. The van der Waals surface area contributed by atoms with E-state index in [1.807, 2.05) is 13.8 Å². The Balaban J connectivity index is 3.57. The minimum absolute atomic E-state index is 0.504. The van der Waals surface area contributed by atoms with Gasteiger partial charge in [0.05, 0.1) is 12.2 Å². The van der Waals surface area contributed by atoms with Crippen LogP contribution >= 0.6 is 0 Å². The maximum absolute atomic E-state index is 9.37. The summed E-state index contributed by atoms with van der Waals surface area (Å²) < 4.78 is 5.37. The second kappa shape index (κ2) is 4.21. The molecule has 0 spiro atoms. The van der Waals surface area contributed by atoms with Crippen molar-refractivity contribution < 1.29 is 9.84 Å². The molecule has 0 fully saturated rings. The van der Waals surface area contributed by atoms with Crippen LogP contribution in [0.1, 0.15) is 40.5 Å². The zero-order chi connectivity index (χ0) is 9.83. The molecule has 0 aromatic heterocycles. The molecule has 1 atom stereocenters. The van der Waals surface area contributed by atoms with Gasteiger partial charge in [-0.3, -0.25) is 0 Å². The van der Waals surface area contributed by atoms with Crippen LogP contribution in [0, 0.1) is 0 Å². The molecule has 0 amide bonds. The van der Waals surface area contributed by atoms with Gasteiger partial charge in [-0.1, -0.05) is 6.92 Å². The Kier molecular flexibility index (Phi) is 4.17. The van der Waals surface area contributed by atoms with Gasteiger partial charge in [0.2, 0.25) is 0 Å². The van der Waals surface area contributed by atoms with Crippen molar-refractivity contribution >= 4 is 0 Å². The fraction of sp³-hybridized carbons (Fsp3) is 1.00. The quantitative estimate of drug-likeness (QED) is 0.618. The lowest BCUT2D eigenvalue weighted by atomic mass is 10.1. The van der Waals surface area contributed by atoms with Gasteiger partial charge in [-0.05, 0) is 33.6 Å². The lowest BCUT2D eigenvalue weighted by molar-refractivity contribution is -0.0546. The molecule has 0 aromatic rings. The summed E-state index contributed by atoms with van der Waals surface area (Å²) in [5.41, 5.74) is 4.53. The maximum Gasteiger partial charge on any atom is 0.113 e. The van der Waals surface area contributed by atoms with Crippen molar-refractivity contribution in [2.75, 3.05) is 6.61 Å². The molecule has 3 heteroatoms. The minimum Gasteiger partial charge on any atom is -0.390 e. The van der Waals surface area contributed by atoms with Crippen LogP contribution in [0.5, 0.6) is 0 Å². The van der Waals surface area contributed by atoms with Gasteiger partial charge in [0.1, 0.15) is 5.72 Å². The second-order valence-electron chi connectivity index (χ2n) is 4.08. The fourth-order valence-corrected chi connectivity index (χ4v) is 0.636. The largest absolute Gasteiger partial charge is 0.390 e. The molecule has 0 aliphatic rings. The van der Waals surface area contributed by atoms with Crippen molar-refractivity contribution in [1.82, 2.24) is 0 Å². The lowest BCUT2D eigenvalue weighted by Gasteiger charge is -2.25. The predicted molar refractivity (Wildman–Crippen MR) is 49.8 cm³/mol. The standard InChI is InChI=1S/C9H21NO2/c1-5-9(4,10)12-7-6-8(2,3)11/h11H,5-7,10H2,1-4H3. The van der Waals surface area contributed by atoms with Gasteiger partial charge in [0, 0.05) is 0 Å². The normalized spacial score (nSPS) is 17.5. The summed E-state index contributed by atoms with van der Waals surface area (Å²) in [6.45, 7) is 7.85. The third-order valence-electron chi connectivity index (χ3n) is 1.85. The third kappa shape index (κ3) is 6.58. The number of aliphatic hydroxyl groups is 1. The molecule has 0 radical (unpaired) electrons. The van der Waals surface area contributed by atoms with Crippen LogP contribution in [-0.2, 0) is 4.74 Å². The van der Waals surface area contributed by atoms with Crippen LogP contribution in [0.25, 0.3) is 0 Å². The molecular weight excluding hydrogens is 154 g/mol. The van der Waals surface area contributed by atoms with Crippen LogP contribution in [0.3, 0.4) is 0 Å². The Bertz CT molecular complexity index is 127. The first kappa shape index (κ1) is 11.9. The number of rotatable bonds is 5. The van der Waals surface area contributed by atoms with Crippen molar-refractivity contribution in [2.45, 2.75) is 51.9 Å². The molecule has 0 heterocycles. The molecule has 0 saturated heterocycles. The van der Waals surface area contributed by atoms with Gasteiger partial charge >= 0.3 is 0 Å². The van der Waals surface area contributed by atoms with Gasteiger partial charge in [-0.2, -0.15) is 0 Å². The topological polar surface area (TPSA) is 55.5 Å². The van der Waals surface area contributed by atoms with E-state index in [9.17, 15) is 5.11 Å². The van der Waals surface area contributed by atoms with Crippen molar-refractivity contribution in [3.8, 4) is 0 Å². The van der Waals surface area contributed by atoms with E-state index >= 15 is 0 Å². The summed E-state index contributed by atoms with van der Waals surface area (Å²) in [6, 6.07) is 0. The summed E-state index contributed by atoms with van der Waals surface area (Å²) in [7, 11) is 0. The number of ether oxygens (including phenoxy) is 1. The van der Waals surface area contributed by atoms with E-state index in [1.54, 1.807) is 13.8 Å². The average Bonchev–Trinajstić information content (AvgIpc) is 1.84. The molecule has 0 aliphatic heterocycles. The summed E-state index contributed by atoms with van der Waals surface area (Å²) >= 11 is 0. The van der Waals surface area contributed by atoms with Crippen LogP contribution in [-0.4, -0.2) is 23.0 Å². The van der Waals surface area contributed by atoms with Crippen molar-refractivity contribution in [2.24, 2.45) is 5.73 Å². The van der Waals surface area contributed by atoms with E-state index in [-0.39, 0.29) is 0 Å². The van der Waals surface area contributed by atoms with E-state index in [0.29, 0.717) is 13.0 Å². The average molecular weight is 175 g/mol. The molecule has 3 N–H and O–H groups in total. The SMILES string of the molecule is CCC(C)(N)OCCC(C)(C)O. The zero-order valence-electron chi connectivity index (χ0n) is 8.55. The van der Waals surface area contributed by atoms with E-state index in [4.69, 9.17) is 10.5 Å². The molecule has 1 unspecified atom stereocenters. The van der Waals surface area contributed by atoms with Gasteiger partial charge in [-0.25, -0.2) is 0 Å². The van der Waals surface area contributed by atoms with E-state index < -0.39 is 11.3 Å². The Hall–Kier alpha value is -0.120. The summed E-state index contributed by atoms with van der Waals surface area (Å²) in [5, 5.41) is 9.37. The Morgan fingerprint density at radius 2 is 1.83 bits per heavy atom. The van der Waals surface area contributed by atoms with Crippen molar-refractivity contribution in [3.05, 3.63) is 0 Å². The van der Waals surface area contributed by atoms with Crippen molar-refractivity contribution in [1.29, 1.82) is 0 Å². The third-order valence-corrected chi connectivity index (χ3v) is 1.85. The van der Waals surface area contributed by atoms with Crippen LogP contribution in [0.4, 0.5) is 0 Å². The van der Waals surface area contributed by atoms with Crippen LogP contribution in [0.15, 0.2) is 0 Å². The minimum atomic E-state index is -0.663. The number of hydrogen-bond donors (Lipinski definition) is 2. The highest BCUT2D eigenvalue weighted by molar-refractivity contribution is 4.67. The molecule has 12 heavy (non-hydrogen) atoms. The fourth-order valence-electron chi connectivity index (χ4n) is 0.636. The lowest BCUT2D eigenvalue weighted by Crippen LogP contribution is -2.39. The zero-order valence-corrected chi connectivity index (χ0v) is 8.55. The molecule has 0 saturated carbocycles.